The second kappa shape index (κ2) is 7.56. The molecule has 0 amide bonds. The van der Waals surface area contributed by atoms with E-state index in [-0.39, 0.29) is 12.2 Å². The Morgan fingerprint density at radius 3 is 2.70 bits per heavy atom. The number of esters is 1. The van der Waals surface area contributed by atoms with Crippen molar-refractivity contribution in [3.05, 3.63) is 72.1 Å². The third-order valence-electron chi connectivity index (χ3n) is 4.70. The fourth-order valence-electron chi connectivity index (χ4n) is 3.36. The Balaban J connectivity index is 1.55. The number of rotatable bonds is 3. The van der Waals surface area contributed by atoms with Crippen LogP contribution in [0.2, 0.25) is 0 Å². The van der Waals surface area contributed by atoms with Crippen molar-refractivity contribution < 1.29 is 9.53 Å². The van der Waals surface area contributed by atoms with E-state index in [1.165, 1.54) is 17.5 Å². The van der Waals surface area contributed by atoms with Crippen molar-refractivity contribution in [3.8, 4) is 0 Å². The fourth-order valence-corrected chi connectivity index (χ4v) is 4.67. The van der Waals surface area contributed by atoms with Gasteiger partial charge in [0.25, 0.3) is 5.56 Å². The minimum absolute atomic E-state index is 0.0936. The topological polar surface area (TPSA) is 72.0 Å². The predicted octanol–water partition coefficient (Wildman–Crippen LogP) is 4.68. The third kappa shape index (κ3) is 3.84. The number of nitrogens with one attached hydrogen (secondary N) is 1. The van der Waals surface area contributed by atoms with Crippen LogP contribution in [-0.2, 0) is 24.2 Å². The lowest BCUT2D eigenvalue weighted by Gasteiger charge is -2.16. The van der Waals surface area contributed by atoms with Gasteiger partial charge in [0.15, 0.2) is 0 Å². The minimum Gasteiger partial charge on any atom is -0.454 e. The Morgan fingerprint density at radius 2 is 1.89 bits per heavy atom. The summed E-state index contributed by atoms with van der Waals surface area (Å²) in [5.41, 5.74) is 3.32. The van der Waals surface area contributed by atoms with Gasteiger partial charge >= 0.3 is 5.97 Å². The van der Waals surface area contributed by atoms with E-state index in [0.29, 0.717) is 26.8 Å². The average molecular weight is 492 g/mol. The molecule has 2 aromatic carbocycles. The molecule has 1 aliphatic carbocycles. The Kier molecular flexibility index (Phi) is 5.14. The summed E-state index contributed by atoms with van der Waals surface area (Å²) in [7, 11) is 0. The second-order valence-corrected chi connectivity index (χ2v) is 8.33. The molecular weight excluding hydrogens is 476 g/mol. The van der Waals surface area contributed by atoms with Crippen molar-refractivity contribution in [3.63, 3.8) is 0 Å². The molecule has 1 aromatic heterocycles. The summed E-state index contributed by atoms with van der Waals surface area (Å²) >= 11 is 6.77. The number of aromatic amines is 1. The second-order valence-electron chi connectivity index (χ2n) is 6.56. The molecule has 0 aliphatic heterocycles. The van der Waals surface area contributed by atoms with Gasteiger partial charge in [-0.25, -0.2) is 9.78 Å². The van der Waals surface area contributed by atoms with Crippen LogP contribution in [0.1, 0.15) is 40.2 Å². The molecule has 5 nitrogen and oxygen atoms in total. The van der Waals surface area contributed by atoms with Crippen LogP contribution in [0.25, 0.3) is 10.9 Å². The Labute approximate surface area is 172 Å². The number of nitrogens with zero attached hydrogens (tertiary/aromatic N) is 1. The lowest BCUT2D eigenvalue weighted by molar-refractivity contribution is 0.0462. The number of benzene rings is 2. The van der Waals surface area contributed by atoms with Crippen LogP contribution >= 0.6 is 31.9 Å². The van der Waals surface area contributed by atoms with Gasteiger partial charge in [-0.05, 0) is 77.0 Å². The summed E-state index contributed by atoms with van der Waals surface area (Å²) in [5, 5.41) is 0.459. The van der Waals surface area contributed by atoms with Gasteiger partial charge in [0.1, 0.15) is 12.4 Å². The van der Waals surface area contributed by atoms with Gasteiger partial charge in [-0.15, -0.1) is 0 Å². The zero-order valence-electron chi connectivity index (χ0n) is 14.4. The van der Waals surface area contributed by atoms with Crippen LogP contribution in [-0.4, -0.2) is 15.9 Å². The number of hydrogen-bond acceptors (Lipinski definition) is 4. The summed E-state index contributed by atoms with van der Waals surface area (Å²) in [6.07, 6.45) is 4.42. The molecule has 0 atom stereocenters. The van der Waals surface area contributed by atoms with Crippen LogP contribution in [0.4, 0.5) is 0 Å². The summed E-state index contributed by atoms with van der Waals surface area (Å²) in [5.74, 6) is -0.108. The molecular formula is C20H16Br2N2O3. The molecule has 7 heteroatoms. The van der Waals surface area contributed by atoms with Gasteiger partial charge in [-0.3, -0.25) is 4.79 Å². The molecule has 0 bridgehead atoms. The number of carbonyl (C=O) groups excluding carboxylic acids is 1. The third-order valence-corrected chi connectivity index (χ3v) is 5.76. The Hall–Kier alpha value is -1.99. The number of fused-ring (bicyclic) bond motifs is 2. The maximum Gasteiger partial charge on any atom is 0.338 e. The van der Waals surface area contributed by atoms with Crippen LogP contribution in [0.15, 0.2) is 44.1 Å². The molecule has 1 heterocycles. The first kappa shape index (κ1) is 18.4. The zero-order valence-corrected chi connectivity index (χ0v) is 17.5. The molecule has 0 radical (unpaired) electrons. The van der Waals surface area contributed by atoms with Crippen LogP contribution < -0.4 is 5.56 Å². The first-order valence-corrected chi connectivity index (χ1v) is 10.3. The summed E-state index contributed by atoms with van der Waals surface area (Å²) in [6.45, 7) is -0.0936. The number of aromatic nitrogens is 2. The molecule has 1 aliphatic rings. The SMILES string of the molecule is O=C(OCc1nc2c(Br)cc(Br)cc2c(=O)[nH]1)c1ccc2c(c1)CCCC2. The van der Waals surface area contributed by atoms with Crippen molar-refractivity contribution in [2.75, 3.05) is 0 Å². The van der Waals surface area contributed by atoms with Gasteiger partial charge in [-0.2, -0.15) is 0 Å². The molecule has 0 saturated heterocycles. The number of ether oxygens (including phenoxy) is 1. The summed E-state index contributed by atoms with van der Waals surface area (Å²) in [6, 6.07) is 9.25. The lowest BCUT2D eigenvalue weighted by atomic mass is 9.90. The van der Waals surface area contributed by atoms with Crippen LogP contribution in [0.3, 0.4) is 0 Å². The van der Waals surface area contributed by atoms with Gasteiger partial charge < -0.3 is 9.72 Å². The van der Waals surface area contributed by atoms with Gasteiger partial charge in [-0.1, -0.05) is 22.0 Å². The summed E-state index contributed by atoms with van der Waals surface area (Å²) < 4.78 is 6.85. The zero-order chi connectivity index (χ0) is 19.0. The number of carbonyl (C=O) groups is 1. The van der Waals surface area contributed by atoms with Gasteiger partial charge in [0.2, 0.25) is 0 Å². The van der Waals surface area contributed by atoms with E-state index in [9.17, 15) is 9.59 Å². The largest absolute Gasteiger partial charge is 0.454 e. The smallest absolute Gasteiger partial charge is 0.338 e. The maximum atomic E-state index is 12.4. The molecule has 3 aromatic rings. The first-order valence-electron chi connectivity index (χ1n) is 8.68. The molecule has 0 unspecified atom stereocenters. The molecule has 138 valence electrons. The van der Waals surface area contributed by atoms with E-state index in [4.69, 9.17) is 4.74 Å². The highest BCUT2D eigenvalue weighted by Gasteiger charge is 2.15. The molecule has 0 saturated carbocycles. The molecule has 0 fully saturated rings. The van der Waals surface area contributed by atoms with Crippen molar-refractivity contribution >= 4 is 48.7 Å². The van der Waals surface area contributed by atoms with E-state index >= 15 is 0 Å². The molecule has 1 N–H and O–H groups in total. The number of halogens is 2. The van der Waals surface area contributed by atoms with E-state index in [1.54, 1.807) is 12.1 Å². The standard InChI is InChI=1S/C20H16Br2N2O3/c21-14-8-15-18(16(22)9-14)23-17(24-19(15)25)10-27-20(26)13-6-5-11-3-1-2-4-12(11)7-13/h5-9H,1-4,10H2,(H,23,24,25). The molecule has 4 rings (SSSR count). The normalized spacial score (nSPS) is 13.4. The molecule has 0 spiro atoms. The number of aryl methyl sites for hydroxylation is 2. The van der Waals surface area contributed by atoms with E-state index in [2.05, 4.69) is 41.8 Å². The quantitative estimate of drug-likeness (QED) is 0.539. The minimum atomic E-state index is -0.416. The number of hydrogen-bond donors (Lipinski definition) is 1. The van der Waals surface area contributed by atoms with Crippen molar-refractivity contribution in [1.29, 1.82) is 0 Å². The number of H-pyrrole nitrogens is 1. The monoisotopic (exact) mass is 490 g/mol. The summed E-state index contributed by atoms with van der Waals surface area (Å²) in [4.78, 5) is 31.8. The van der Waals surface area contributed by atoms with Gasteiger partial charge in [0, 0.05) is 8.95 Å². The van der Waals surface area contributed by atoms with Crippen molar-refractivity contribution in [2.45, 2.75) is 32.3 Å². The van der Waals surface area contributed by atoms with Gasteiger partial charge in [0.05, 0.1) is 16.5 Å². The van der Waals surface area contributed by atoms with Crippen molar-refractivity contribution in [2.24, 2.45) is 0 Å². The lowest BCUT2D eigenvalue weighted by Crippen LogP contribution is -2.15. The maximum absolute atomic E-state index is 12.4. The first-order chi connectivity index (χ1) is 13.0. The van der Waals surface area contributed by atoms with Crippen LogP contribution in [0, 0.1) is 0 Å². The van der Waals surface area contributed by atoms with E-state index < -0.39 is 5.97 Å². The van der Waals surface area contributed by atoms with Crippen LogP contribution in [0.5, 0.6) is 0 Å². The highest BCUT2D eigenvalue weighted by Crippen LogP contribution is 2.25. The predicted molar refractivity (Wildman–Crippen MR) is 110 cm³/mol. The van der Waals surface area contributed by atoms with Crippen molar-refractivity contribution in [1.82, 2.24) is 9.97 Å². The van der Waals surface area contributed by atoms with E-state index in [0.717, 1.165) is 23.7 Å². The fraction of sp³-hybridized carbons (Fsp3) is 0.250. The highest BCUT2D eigenvalue weighted by molar-refractivity contribution is 9.11. The molecule has 27 heavy (non-hydrogen) atoms. The average Bonchev–Trinajstić information content (AvgIpc) is 2.66. The highest BCUT2D eigenvalue weighted by atomic mass is 79.9. The Morgan fingerprint density at radius 1 is 1.11 bits per heavy atom. The van der Waals surface area contributed by atoms with E-state index in [1.807, 2.05) is 18.2 Å². The Bertz CT molecular complexity index is 1110.